The number of anilines is 1. The third-order valence-electron chi connectivity index (χ3n) is 6.89. The number of fused-ring (bicyclic) bond motifs is 1. The molecule has 2 N–H and O–H groups in total. The molecule has 2 amide bonds. The summed E-state index contributed by atoms with van der Waals surface area (Å²) in [5.74, 6) is -2.62. The molecule has 49 heavy (non-hydrogen) atoms. The minimum Gasteiger partial charge on any atom is -0.406 e. The summed E-state index contributed by atoms with van der Waals surface area (Å²) in [6.07, 6.45) is -9.93. The average Bonchev–Trinajstić information content (AvgIpc) is 3.47. The van der Waals surface area contributed by atoms with Crippen molar-refractivity contribution < 1.29 is 53.8 Å². The highest BCUT2D eigenvalue weighted by Gasteiger charge is 2.41. The second kappa shape index (κ2) is 13.5. The lowest BCUT2D eigenvalue weighted by Gasteiger charge is -2.39. The third kappa shape index (κ3) is 8.37. The van der Waals surface area contributed by atoms with Crippen LogP contribution in [0.4, 0.5) is 31.5 Å². The van der Waals surface area contributed by atoms with Gasteiger partial charge in [0.05, 0.1) is 4.90 Å². The molecule has 0 bridgehead atoms. The van der Waals surface area contributed by atoms with Crippen LogP contribution in [0, 0.1) is 0 Å². The zero-order valence-electron chi connectivity index (χ0n) is 24.8. The summed E-state index contributed by atoms with van der Waals surface area (Å²) in [5, 5.41) is 9.28. The van der Waals surface area contributed by atoms with Crippen molar-refractivity contribution in [3.8, 4) is 11.5 Å². The highest BCUT2D eigenvalue weighted by molar-refractivity contribution is 7.89. The van der Waals surface area contributed by atoms with Gasteiger partial charge in [-0.2, -0.15) is 8.82 Å². The maximum Gasteiger partial charge on any atom is 0.573 e. The molecule has 22 heteroatoms. The van der Waals surface area contributed by atoms with Gasteiger partial charge in [0.25, 0.3) is 11.5 Å². The van der Waals surface area contributed by atoms with Crippen LogP contribution in [0.3, 0.4) is 0 Å². The fourth-order valence-electron chi connectivity index (χ4n) is 4.68. The molecule has 1 saturated heterocycles. The molecule has 5 rings (SSSR count). The molecule has 0 saturated carbocycles. The Balaban J connectivity index is 1.42. The van der Waals surface area contributed by atoms with Crippen molar-refractivity contribution in [3.63, 3.8) is 0 Å². The lowest BCUT2D eigenvalue weighted by atomic mass is 10.2. The number of rotatable bonds is 9. The maximum absolute atomic E-state index is 13.7. The lowest BCUT2D eigenvalue weighted by Crippen LogP contribution is -2.60. The number of hydrogen-bond acceptors (Lipinski definition) is 11. The van der Waals surface area contributed by atoms with Crippen molar-refractivity contribution in [3.05, 3.63) is 76.2 Å². The van der Waals surface area contributed by atoms with Gasteiger partial charge in [-0.15, -0.1) is 31.4 Å². The van der Waals surface area contributed by atoms with Crippen LogP contribution in [0.5, 0.6) is 11.5 Å². The first-order valence-electron chi connectivity index (χ1n) is 13.8. The van der Waals surface area contributed by atoms with Gasteiger partial charge in [0.1, 0.15) is 23.2 Å². The topological polar surface area (TPSA) is 165 Å². The fraction of sp³-hybridized carbons (Fsp3) is 0.296. The SMILES string of the molecule is CNC(=O)c1cc(=O)n2nc(N3CCN(S(=O)(=O)c4ccc(OC(F)(F)F)cc4)[C@@H](C(=O)NCc4ccc(OC(F)(F)F)cc4)C3)sc2n1. The summed E-state index contributed by atoms with van der Waals surface area (Å²) in [7, 11) is -3.17. The van der Waals surface area contributed by atoms with Crippen LogP contribution in [0.2, 0.25) is 0 Å². The highest BCUT2D eigenvalue weighted by atomic mass is 32.2. The van der Waals surface area contributed by atoms with Crippen molar-refractivity contribution in [1.29, 1.82) is 0 Å². The van der Waals surface area contributed by atoms with E-state index in [1.807, 2.05) is 0 Å². The van der Waals surface area contributed by atoms with Crippen molar-refractivity contribution in [2.45, 2.75) is 30.2 Å². The Hall–Kier alpha value is -4.96. The lowest BCUT2D eigenvalue weighted by molar-refractivity contribution is -0.275. The van der Waals surface area contributed by atoms with Gasteiger partial charge in [0.2, 0.25) is 26.0 Å². The molecule has 14 nitrogen and oxygen atoms in total. The number of ether oxygens (including phenoxy) is 2. The van der Waals surface area contributed by atoms with Crippen LogP contribution in [0.25, 0.3) is 4.96 Å². The van der Waals surface area contributed by atoms with Gasteiger partial charge >= 0.3 is 12.7 Å². The van der Waals surface area contributed by atoms with E-state index in [1.54, 1.807) is 0 Å². The second-order valence-electron chi connectivity index (χ2n) is 10.1. The number of carbonyl (C=O) groups is 2. The van der Waals surface area contributed by atoms with E-state index in [-0.39, 0.29) is 42.0 Å². The van der Waals surface area contributed by atoms with E-state index < -0.39 is 62.6 Å². The molecule has 0 unspecified atom stereocenters. The number of hydrogen-bond donors (Lipinski definition) is 2. The molecule has 1 fully saturated rings. The predicted molar refractivity (Wildman–Crippen MR) is 159 cm³/mol. The van der Waals surface area contributed by atoms with Crippen molar-refractivity contribution in [2.24, 2.45) is 0 Å². The first-order valence-corrected chi connectivity index (χ1v) is 16.1. The molecule has 1 aliphatic rings. The van der Waals surface area contributed by atoms with Gasteiger partial charge in [-0.3, -0.25) is 14.4 Å². The Morgan fingerprint density at radius 3 is 2.12 bits per heavy atom. The van der Waals surface area contributed by atoms with Crippen LogP contribution in [0.1, 0.15) is 16.1 Å². The van der Waals surface area contributed by atoms with Crippen molar-refractivity contribution >= 4 is 43.3 Å². The van der Waals surface area contributed by atoms with E-state index in [0.29, 0.717) is 5.56 Å². The van der Waals surface area contributed by atoms with Crippen LogP contribution >= 0.6 is 11.3 Å². The summed E-state index contributed by atoms with van der Waals surface area (Å²) >= 11 is 0.890. The number of aromatic nitrogens is 3. The number of nitrogens with zero attached hydrogens (tertiary/aromatic N) is 5. The predicted octanol–water partition coefficient (Wildman–Crippen LogP) is 2.50. The number of amides is 2. The van der Waals surface area contributed by atoms with Crippen molar-refractivity contribution in [1.82, 2.24) is 29.5 Å². The van der Waals surface area contributed by atoms with E-state index in [0.717, 1.165) is 62.6 Å². The molecule has 0 spiro atoms. The Bertz CT molecular complexity index is 2020. The van der Waals surface area contributed by atoms with Crippen LogP contribution < -0.4 is 30.6 Å². The third-order valence-corrected chi connectivity index (χ3v) is 9.78. The Morgan fingerprint density at radius 1 is 0.959 bits per heavy atom. The molecule has 0 aliphatic carbocycles. The molecule has 2 aromatic heterocycles. The number of sulfonamides is 1. The minimum atomic E-state index is -5.02. The molecule has 0 radical (unpaired) electrons. The van der Waals surface area contributed by atoms with Crippen LogP contribution in [-0.2, 0) is 21.4 Å². The average molecular weight is 736 g/mol. The Morgan fingerprint density at radius 2 is 1.55 bits per heavy atom. The minimum absolute atomic E-state index is 0.0382. The molecule has 262 valence electrons. The number of halogens is 6. The quantitative estimate of drug-likeness (QED) is 0.244. The normalized spacial score (nSPS) is 16.0. The Kier molecular flexibility index (Phi) is 9.75. The summed E-state index contributed by atoms with van der Waals surface area (Å²) < 4.78 is 112. The van der Waals surface area contributed by atoms with E-state index in [4.69, 9.17) is 0 Å². The molecule has 2 aromatic carbocycles. The first-order chi connectivity index (χ1) is 22.9. The number of carbonyl (C=O) groups excluding carboxylic acids is 2. The molecule has 4 aromatic rings. The number of piperazine rings is 1. The van der Waals surface area contributed by atoms with Gasteiger partial charge in [0, 0.05) is 39.3 Å². The number of benzene rings is 2. The second-order valence-corrected chi connectivity index (χ2v) is 13.0. The first kappa shape index (κ1) is 35.3. The largest absolute Gasteiger partial charge is 0.573 e. The van der Waals surface area contributed by atoms with E-state index in [9.17, 15) is 49.1 Å². The van der Waals surface area contributed by atoms with E-state index in [1.165, 1.54) is 24.1 Å². The zero-order valence-corrected chi connectivity index (χ0v) is 26.4. The van der Waals surface area contributed by atoms with Gasteiger partial charge < -0.3 is 25.0 Å². The van der Waals surface area contributed by atoms with Crippen molar-refractivity contribution in [2.75, 3.05) is 31.6 Å². The summed E-state index contributed by atoms with van der Waals surface area (Å²) in [6, 6.07) is 7.44. The standard InChI is InChI=1S/C27H23F6N7O7S2/c1-34-22(42)19-12-21(41)40-24(36-19)48-25(37-40)38-10-11-39(49(44,45)18-8-6-17(7-9-18)47-27(31,32)33)20(14-38)23(43)35-13-15-2-4-16(5-3-15)46-26(28,29)30/h2-9,12,20H,10-11,13-14H2,1H3,(H,34,42)(H,35,43)/t20-/m1/s1. The monoisotopic (exact) mass is 735 g/mol. The van der Waals surface area contributed by atoms with E-state index in [2.05, 4.69) is 30.2 Å². The number of alkyl halides is 6. The summed E-state index contributed by atoms with van der Waals surface area (Å²) in [5.41, 5.74) is -0.500. The molecular formula is C27H23F6N7O7S2. The van der Waals surface area contributed by atoms with E-state index >= 15 is 0 Å². The smallest absolute Gasteiger partial charge is 0.406 e. The van der Waals surface area contributed by atoms with Gasteiger partial charge in [-0.05, 0) is 42.0 Å². The summed E-state index contributed by atoms with van der Waals surface area (Å²) in [4.78, 5) is 43.5. The molecule has 1 aliphatic heterocycles. The Labute approximate surface area is 275 Å². The highest BCUT2D eigenvalue weighted by Crippen LogP contribution is 2.30. The zero-order chi connectivity index (χ0) is 35.7. The van der Waals surface area contributed by atoms with Gasteiger partial charge in [-0.1, -0.05) is 23.5 Å². The fourth-order valence-corrected chi connectivity index (χ4v) is 7.19. The van der Waals surface area contributed by atoms with Gasteiger partial charge in [0.15, 0.2) is 0 Å². The van der Waals surface area contributed by atoms with Gasteiger partial charge in [-0.25, -0.2) is 13.4 Å². The molecule has 1 atom stereocenters. The summed E-state index contributed by atoms with van der Waals surface area (Å²) in [6.45, 7) is -0.945. The molecular weight excluding hydrogens is 712 g/mol. The molecule has 3 heterocycles. The number of nitrogens with one attached hydrogen (secondary N) is 2. The maximum atomic E-state index is 13.7. The van der Waals surface area contributed by atoms with Crippen LogP contribution in [0.15, 0.2) is 64.3 Å². The van der Waals surface area contributed by atoms with Crippen LogP contribution in [-0.4, -0.2) is 84.6 Å².